The lowest BCUT2D eigenvalue weighted by Gasteiger charge is -2.22. The zero-order chi connectivity index (χ0) is 24.9. The van der Waals surface area contributed by atoms with Gasteiger partial charge in [-0.25, -0.2) is 0 Å². The first kappa shape index (κ1) is 27.2. The van der Waals surface area contributed by atoms with E-state index < -0.39 is 12.0 Å². The number of hydrogen-bond donors (Lipinski definition) is 4. The van der Waals surface area contributed by atoms with Crippen LogP contribution in [0.4, 0.5) is 0 Å². The lowest BCUT2D eigenvalue weighted by Crippen LogP contribution is -2.48. The maximum atomic E-state index is 12.8. The minimum Gasteiger partial charge on any atom is -0.504 e. The quantitative estimate of drug-likeness (QED) is 0.290. The number of hydrogen-bond acceptors (Lipinski definition) is 5. The van der Waals surface area contributed by atoms with Crippen LogP contribution in [0.2, 0.25) is 0 Å². The number of benzene rings is 2. The summed E-state index contributed by atoms with van der Waals surface area (Å²) in [5.41, 5.74) is 2.25. The highest BCUT2D eigenvalue weighted by Gasteiger charge is 2.22. The van der Waals surface area contributed by atoms with Gasteiger partial charge in [-0.15, -0.1) is 0 Å². The van der Waals surface area contributed by atoms with E-state index in [0.717, 1.165) is 24.8 Å². The van der Waals surface area contributed by atoms with Crippen LogP contribution in [-0.2, 0) is 16.0 Å². The van der Waals surface area contributed by atoms with Crippen molar-refractivity contribution in [2.75, 3.05) is 13.7 Å². The molecule has 0 bridgehead atoms. The summed E-state index contributed by atoms with van der Waals surface area (Å²) < 4.78 is 5.05. The minimum absolute atomic E-state index is 0.0503. The van der Waals surface area contributed by atoms with E-state index in [1.54, 1.807) is 12.1 Å². The van der Waals surface area contributed by atoms with Gasteiger partial charge in [-0.1, -0.05) is 43.3 Å². The third-order valence-corrected chi connectivity index (χ3v) is 6.07. The molecule has 34 heavy (non-hydrogen) atoms. The second-order valence-electron chi connectivity index (χ2n) is 8.72. The molecule has 0 saturated carbocycles. The number of nitrogens with one attached hydrogen (secondary N) is 2. The third kappa shape index (κ3) is 9.06. The Labute approximate surface area is 202 Å². The summed E-state index contributed by atoms with van der Waals surface area (Å²) >= 11 is 0. The number of carboxylic acid groups (broad SMARTS) is 1. The Hall–Kier alpha value is -3.06. The zero-order valence-electron chi connectivity index (χ0n) is 20.4. The van der Waals surface area contributed by atoms with E-state index in [4.69, 9.17) is 4.74 Å². The number of aromatic hydroxyl groups is 1. The molecule has 0 fully saturated rings. The summed E-state index contributed by atoms with van der Waals surface area (Å²) in [5, 5.41) is 25.2. The molecule has 3 atom stereocenters. The van der Waals surface area contributed by atoms with Crippen molar-refractivity contribution in [2.24, 2.45) is 0 Å². The molecular formula is C27H38N2O5. The Balaban J connectivity index is 1.81. The SMILES string of the molecule is CCC(CCC(C)NC(=O)C(CC(=O)O)NCCCc1ccc(OC)c(O)c1)c1ccccc1. The van der Waals surface area contributed by atoms with Crippen molar-refractivity contribution < 1.29 is 24.5 Å². The van der Waals surface area contributed by atoms with E-state index in [2.05, 4.69) is 29.7 Å². The zero-order valence-corrected chi connectivity index (χ0v) is 20.4. The number of amides is 1. The first-order valence-electron chi connectivity index (χ1n) is 12.0. The number of rotatable bonds is 15. The number of aliphatic carboxylic acids is 1. The van der Waals surface area contributed by atoms with Crippen molar-refractivity contribution in [1.82, 2.24) is 10.6 Å². The minimum atomic E-state index is -1.02. The van der Waals surface area contributed by atoms with Crippen molar-refractivity contribution in [3.8, 4) is 11.5 Å². The number of carbonyl (C=O) groups excluding carboxylic acids is 1. The van der Waals surface area contributed by atoms with E-state index in [0.29, 0.717) is 31.1 Å². The first-order chi connectivity index (χ1) is 16.3. The smallest absolute Gasteiger partial charge is 0.305 e. The van der Waals surface area contributed by atoms with Crippen LogP contribution in [0.3, 0.4) is 0 Å². The van der Waals surface area contributed by atoms with Gasteiger partial charge in [-0.3, -0.25) is 9.59 Å². The highest BCUT2D eigenvalue weighted by Crippen LogP contribution is 2.27. The number of ether oxygens (including phenoxy) is 1. The number of phenols is 1. The average molecular weight is 471 g/mol. The van der Waals surface area contributed by atoms with E-state index in [9.17, 15) is 19.8 Å². The number of carbonyl (C=O) groups is 2. The summed E-state index contributed by atoms with van der Waals surface area (Å²) in [7, 11) is 1.50. The van der Waals surface area contributed by atoms with Crippen molar-refractivity contribution in [1.29, 1.82) is 0 Å². The van der Waals surface area contributed by atoms with Gasteiger partial charge in [0, 0.05) is 6.04 Å². The molecule has 0 spiro atoms. The van der Waals surface area contributed by atoms with Crippen LogP contribution < -0.4 is 15.4 Å². The maximum absolute atomic E-state index is 12.8. The van der Waals surface area contributed by atoms with Crippen LogP contribution >= 0.6 is 0 Å². The number of aryl methyl sites for hydroxylation is 1. The number of carboxylic acids is 1. The number of methoxy groups -OCH3 is 1. The van der Waals surface area contributed by atoms with Gasteiger partial charge in [0.05, 0.1) is 19.6 Å². The second kappa shape index (κ2) is 14.3. The average Bonchev–Trinajstić information content (AvgIpc) is 2.82. The van der Waals surface area contributed by atoms with Crippen molar-refractivity contribution in [2.45, 2.75) is 70.4 Å². The molecule has 0 aliphatic rings. The van der Waals surface area contributed by atoms with Crippen LogP contribution in [0.5, 0.6) is 11.5 Å². The Morgan fingerprint density at radius 3 is 2.44 bits per heavy atom. The molecule has 3 unspecified atom stereocenters. The molecule has 2 aromatic carbocycles. The molecule has 0 aromatic heterocycles. The van der Waals surface area contributed by atoms with Gasteiger partial charge in [-0.05, 0) is 74.8 Å². The van der Waals surface area contributed by atoms with Gasteiger partial charge < -0.3 is 25.6 Å². The van der Waals surface area contributed by atoms with Crippen molar-refractivity contribution in [3.05, 3.63) is 59.7 Å². The summed E-state index contributed by atoms with van der Waals surface area (Å²) in [5.74, 6) is -0.364. The molecule has 7 nitrogen and oxygen atoms in total. The van der Waals surface area contributed by atoms with E-state index >= 15 is 0 Å². The van der Waals surface area contributed by atoms with Crippen LogP contribution in [0.25, 0.3) is 0 Å². The third-order valence-electron chi connectivity index (χ3n) is 6.07. The lowest BCUT2D eigenvalue weighted by atomic mass is 9.90. The molecular weight excluding hydrogens is 432 g/mol. The first-order valence-corrected chi connectivity index (χ1v) is 12.0. The fourth-order valence-electron chi connectivity index (χ4n) is 4.09. The standard InChI is InChI=1S/C27H38N2O5/c1-4-21(22-10-6-5-7-11-22)14-12-19(2)29-27(33)23(18-26(31)32)28-16-8-9-20-13-15-25(34-3)24(30)17-20/h5-7,10-11,13,15,17,19,21,23,28,30H,4,8-9,12,14,16,18H2,1-3H3,(H,29,33)(H,31,32). The Morgan fingerprint density at radius 2 is 1.82 bits per heavy atom. The highest BCUT2D eigenvalue weighted by atomic mass is 16.5. The van der Waals surface area contributed by atoms with Gasteiger partial charge in [0.15, 0.2) is 11.5 Å². The van der Waals surface area contributed by atoms with E-state index in [-0.39, 0.29) is 24.1 Å². The van der Waals surface area contributed by atoms with Crippen LogP contribution in [0.15, 0.2) is 48.5 Å². The van der Waals surface area contributed by atoms with Gasteiger partial charge in [0.1, 0.15) is 0 Å². The van der Waals surface area contributed by atoms with Gasteiger partial charge in [0.25, 0.3) is 0 Å². The van der Waals surface area contributed by atoms with Crippen LogP contribution in [0, 0.1) is 0 Å². The van der Waals surface area contributed by atoms with Gasteiger partial charge in [-0.2, -0.15) is 0 Å². The topological polar surface area (TPSA) is 108 Å². The Bertz CT molecular complexity index is 903. The highest BCUT2D eigenvalue weighted by molar-refractivity contribution is 5.86. The van der Waals surface area contributed by atoms with Crippen LogP contribution in [0.1, 0.15) is 63.0 Å². The second-order valence-corrected chi connectivity index (χ2v) is 8.72. The molecule has 0 heterocycles. The van der Waals surface area contributed by atoms with Crippen molar-refractivity contribution >= 4 is 11.9 Å². The molecule has 0 aliphatic carbocycles. The molecule has 1 amide bonds. The van der Waals surface area contributed by atoms with E-state index in [1.165, 1.54) is 12.7 Å². The number of phenolic OH excluding ortho intramolecular Hbond substituents is 1. The molecule has 0 aliphatic heterocycles. The molecule has 0 saturated heterocycles. The van der Waals surface area contributed by atoms with E-state index in [1.807, 2.05) is 31.2 Å². The normalized spacial score (nSPS) is 13.6. The maximum Gasteiger partial charge on any atom is 0.305 e. The fraction of sp³-hybridized carbons (Fsp3) is 0.481. The van der Waals surface area contributed by atoms with Crippen molar-refractivity contribution in [3.63, 3.8) is 0 Å². The summed E-state index contributed by atoms with van der Waals surface area (Å²) in [6.07, 6.45) is 3.90. The predicted octanol–water partition coefficient (Wildman–Crippen LogP) is 4.25. The summed E-state index contributed by atoms with van der Waals surface area (Å²) in [6, 6.07) is 14.8. The molecule has 4 N–H and O–H groups in total. The monoisotopic (exact) mass is 470 g/mol. The summed E-state index contributed by atoms with van der Waals surface area (Å²) in [6.45, 7) is 4.61. The Morgan fingerprint density at radius 1 is 1.09 bits per heavy atom. The Kier molecular flexibility index (Phi) is 11.4. The largest absolute Gasteiger partial charge is 0.504 e. The molecule has 7 heteroatoms. The van der Waals surface area contributed by atoms with Gasteiger partial charge in [0.2, 0.25) is 5.91 Å². The molecule has 2 aromatic rings. The molecule has 186 valence electrons. The summed E-state index contributed by atoms with van der Waals surface area (Å²) in [4.78, 5) is 24.1. The molecule has 0 radical (unpaired) electrons. The molecule has 2 rings (SSSR count). The van der Waals surface area contributed by atoms with Crippen LogP contribution in [-0.4, -0.2) is 47.8 Å². The van der Waals surface area contributed by atoms with Gasteiger partial charge >= 0.3 is 5.97 Å². The fourth-order valence-corrected chi connectivity index (χ4v) is 4.09. The lowest BCUT2D eigenvalue weighted by molar-refractivity contribution is -0.140. The predicted molar refractivity (Wildman–Crippen MR) is 133 cm³/mol.